The molecule has 0 aliphatic heterocycles. The van der Waals surface area contributed by atoms with Gasteiger partial charge in [0.1, 0.15) is 5.69 Å². The fraction of sp³-hybridized carbons (Fsp3) is 0.200. The van der Waals surface area contributed by atoms with Crippen LogP contribution in [0.4, 0.5) is 13.2 Å². The second kappa shape index (κ2) is 5.59. The van der Waals surface area contributed by atoms with Crippen LogP contribution in [-0.2, 0) is 16.0 Å². The normalized spacial score (nSPS) is 12.7. The number of aromatic nitrogens is 3. The van der Waals surface area contributed by atoms with Crippen LogP contribution >= 0.6 is 0 Å². The maximum Gasteiger partial charge on any atom is 0.416 e. The first-order chi connectivity index (χ1) is 11.2. The lowest BCUT2D eigenvalue weighted by atomic mass is 10.2. The number of hydrogen-bond acceptors (Lipinski definition) is 4. The Morgan fingerprint density at radius 1 is 1.21 bits per heavy atom. The summed E-state index contributed by atoms with van der Waals surface area (Å²) in [6.45, 7) is 1.50. The zero-order valence-corrected chi connectivity index (χ0v) is 13.2. The van der Waals surface area contributed by atoms with Gasteiger partial charge < -0.3 is 4.98 Å². The van der Waals surface area contributed by atoms with E-state index in [0.717, 1.165) is 12.1 Å². The van der Waals surface area contributed by atoms with Crippen molar-refractivity contribution in [2.75, 3.05) is 5.75 Å². The van der Waals surface area contributed by atoms with Crippen molar-refractivity contribution in [3.8, 4) is 11.5 Å². The second-order valence-electron chi connectivity index (χ2n) is 5.07. The maximum absolute atomic E-state index is 12.8. The fourth-order valence-electron chi connectivity index (χ4n) is 2.27. The van der Waals surface area contributed by atoms with Crippen molar-refractivity contribution in [1.29, 1.82) is 0 Å². The van der Waals surface area contributed by atoms with E-state index in [4.69, 9.17) is 0 Å². The van der Waals surface area contributed by atoms with Gasteiger partial charge in [-0.1, -0.05) is 6.92 Å². The Balaban J connectivity index is 2.18. The van der Waals surface area contributed by atoms with Crippen LogP contribution in [0.1, 0.15) is 12.5 Å². The zero-order valence-electron chi connectivity index (χ0n) is 12.4. The molecule has 0 aliphatic rings. The molecule has 0 saturated carbocycles. The van der Waals surface area contributed by atoms with Gasteiger partial charge in [0.15, 0.2) is 15.7 Å². The number of benzene rings is 1. The molecule has 9 heteroatoms. The monoisotopic (exact) mass is 355 g/mol. The summed E-state index contributed by atoms with van der Waals surface area (Å²) in [7, 11) is -3.55. The molecule has 0 unspecified atom stereocenters. The smallest absolute Gasteiger partial charge is 0.337 e. The van der Waals surface area contributed by atoms with Gasteiger partial charge in [-0.05, 0) is 30.3 Å². The first-order valence-electron chi connectivity index (χ1n) is 6.97. The summed E-state index contributed by atoms with van der Waals surface area (Å²) >= 11 is 0. The van der Waals surface area contributed by atoms with Crippen molar-refractivity contribution in [2.24, 2.45) is 0 Å². The summed E-state index contributed by atoms with van der Waals surface area (Å²) in [5.74, 6) is -0.0126. The molecule has 0 bridgehead atoms. The van der Waals surface area contributed by atoms with Crippen LogP contribution in [0.3, 0.4) is 0 Å². The van der Waals surface area contributed by atoms with Gasteiger partial charge in [0.25, 0.3) is 0 Å². The lowest BCUT2D eigenvalue weighted by Gasteiger charge is -2.05. The Kier molecular flexibility index (Phi) is 3.83. The predicted molar refractivity (Wildman–Crippen MR) is 82.1 cm³/mol. The van der Waals surface area contributed by atoms with E-state index >= 15 is 0 Å². The van der Waals surface area contributed by atoms with E-state index < -0.39 is 21.6 Å². The Labute approximate surface area is 135 Å². The van der Waals surface area contributed by atoms with Crippen molar-refractivity contribution in [3.63, 3.8) is 0 Å². The van der Waals surface area contributed by atoms with Crippen LogP contribution in [0.25, 0.3) is 22.6 Å². The molecule has 0 saturated heterocycles. The number of hydrogen-bond donors (Lipinski definition) is 1. The average molecular weight is 355 g/mol. The van der Waals surface area contributed by atoms with E-state index in [2.05, 4.69) is 15.0 Å². The van der Waals surface area contributed by atoms with E-state index in [0.29, 0.717) is 5.52 Å². The van der Waals surface area contributed by atoms with E-state index in [-0.39, 0.29) is 27.7 Å². The lowest BCUT2D eigenvalue weighted by Crippen LogP contribution is -2.07. The molecular weight excluding hydrogens is 343 g/mol. The van der Waals surface area contributed by atoms with Crippen LogP contribution in [0, 0.1) is 0 Å². The minimum atomic E-state index is -4.47. The number of halogens is 3. The molecule has 24 heavy (non-hydrogen) atoms. The number of rotatable bonds is 3. The average Bonchev–Trinajstić information content (AvgIpc) is 2.97. The molecular formula is C15H12F3N3O2S. The van der Waals surface area contributed by atoms with Crippen LogP contribution in [0.15, 0.2) is 41.4 Å². The van der Waals surface area contributed by atoms with Gasteiger partial charge >= 0.3 is 6.18 Å². The Bertz CT molecular complexity index is 1010. The van der Waals surface area contributed by atoms with Gasteiger partial charge in [0.2, 0.25) is 0 Å². The maximum atomic E-state index is 12.8. The van der Waals surface area contributed by atoms with Crippen LogP contribution < -0.4 is 0 Å². The molecule has 0 atom stereocenters. The molecule has 0 spiro atoms. The molecule has 3 rings (SSSR count). The highest BCUT2D eigenvalue weighted by molar-refractivity contribution is 7.91. The Morgan fingerprint density at radius 3 is 2.62 bits per heavy atom. The number of fused-ring (bicyclic) bond motifs is 1. The summed E-state index contributed by atoms with van der Waals surface area (Å²) in [4.78, 5) is 10.9. The zero-order chi connectivity index (χ0) is 17.5. The first kappa shape index (κ1) is 16.4. The first-order valence-corrected chi connectivity index (χ1v) is 8.62. The number of alkyl halides is 3. The van der Waals surface area contributed by atoms with E-state index in [1.807, 2.05) is 0 Å². The molecule has 0 aliphatic carbocycles. The number of sulfone groups is 1. The summed E-state index contributed by atoms with van der Waals surface area (Å²) in [5, 5.41) is 0. The molecule has 2 aromatic heterocycles. The van der Waals surface area contributed by atoms with Crippen molar-refractivity contribution < 1.29 is 21.6 Å². The minimum absolute atomic E-state index is 0.0115. The van der Waals surface area contributed by atoms with Gasteiger partial charge in [-0.2, -0.15) is 13.2 Å². The summed E-state index contributed by atoms with van der Waals surface area (Å²) in [6.07, 6.45) is -3.07. The lowest BCUT2D eigenvalue weighted by molar-refractivity contribution is -0.137. The fourth-order valence-corrected chi connectivity index (χ4v) is 3.31. The third-order valence-electron chi connectivity index (χ3n) is 3.52. The highest BCUT2D eigenvalue weighted by Crippen LogP contribution is 2.32. The Morgan fingerprint density at radius 2 is 1.96 bits per heavy atom. The molecule has 1 N–H and O–H groups in total. The predicted octanol–water partition coefficient (Wildman–Crippen LogP) is 3.44. The molecule has 5 nitrogen and oxygen atoms in total. The van der Waals surface area contributed by atoms with E-state index in [1.54, 1.807) is 0 Å². The van der Waals surface area contributed by atoms with Crippen LogP contribution in [-0.4, -0.2) is 29.1 Å². The third-order valence-corrected chi connectivity index (χ3v) is 5.28. The highest BCUT2D eigenvalue weighted by Gasteiger charge is 2.31. The van der Waals surface area contributed by atoms with Crippen molar-refractivity contribution >= 4 is 20.9 Å². The Hall–Kier alpha value is -2.42. The van der Waals surface area contributed by atoms with Crippen molar-refractivity contribution in [3.05, 3.63) is 42.1 Å². The van der Waals surface area contributed by atoms with E-state index in [9.17, 15) is 21.6 Å². The SMILES string of the molecule is CCS(=O)(=O)c1cccnc1-c1nc2ccc(C(F)(F)F)cc2[nH]1. The van der Waals surface area contributed by atoms with Crippen LogP contribution in [0.5, 0.6) is 0 Å². The summed E-state index contributed by atoms with van der Waals surface area (Å²) in [6, 6.07) is 5.97. The number of aromatic amines is 1. The van der Waals surface area contributed by atoms with Crippen LogP contribution in [0.2, 0.25) is 0 Å². The van der Waals surface area contributed by atoms with Gasteiger partial charge in [-0.15, -0.1) is 0 Å². The third kappa shape index (κ3) is 2.86. The second-order valence-corrected chi connectivity index (χ2v) is 7.32. The number of pyridine rings is 1. The molecule has 0 radical (unpaired) electrons. The van der Waals surface area contributed by atoms with Gasteiger partial charge in [-0.25, -0.2) is 13.4 Å². The number of nitrogens with zero attached hydrogens (tertiary/aromatic N) is 2. The van der Waals surface area contributed by atoms with Crippen molar-refractivity contribution in [1.82, 2.24) is 15.0 Å². The summed E-state index contributed by atoms with van der Waals surface area (Å²) in [5.41, 5.74) is -0.273. The molecule has 3 aromatic rings. The van der Waals surface area contributed by atoms with E-state index in [1.165, 1.54) is 31.3 Å². The standard InChI is InChI=1S/C15H12F3N3O2S/c1-2-24(22,23)12-4-3-7-19-13(12)14-20-10-6-5-9(15(16,17)18)8-11(10)21-14/h3-8H,2H2,1H3,(H,20,21). The molecule has 0 fully saturated rings. The van der Waals surface area contributed by atoms with Gasteiger partial charge in [0.05, 0.1) is 27.2 Å². The topological polar surface area (TPSA) is 75.7 Å². The number of nitrogens with one attached hydrogen (secondary N) is 1. The minimum Gasteiger partial charge on any atom is -0.337 e. The molecule has 0 amide bonds. The number of imidazole rings is 1. The van der Waals surface area contributed by atoms with Gasteiger partial charge in [-0.3, -0.25) is 4.98 Å². The van der Waals surface area contributed by atoms with Crippen molar-refractivity contribution in [2.45, 2.75) is 18.0 Å². The largest absolute Gasteiger partial charge is 0.416 e. The molecule has 1 aromatic carbocycles. The quantitative estimate of drug-likeness (QED) is 0.781. The highest BCUT2D eigenvalue weighted by atomic mass is 32.2. The molecule has 2 heterocycles. The molecule has 126 valence electrons. The number of H-pyrrole nitrogens is 1. The van der Waals surface area contributed by atoms with Gasteiger partial charge in [0, 0.05) is 6.20 Å². The summed E-state index contributed by atoms with van der Waals surface area (Å²) < 4.78 is 62.7.